The van der Waals surface area contributed by atoms with Crippen LogP contribution in [-0.4, -0.2) is 89.9 Å². The van der Waals surface area contributed by atoms with Crippen molar-refractivity contribution in [1.29, 1.82) is 0 Å². The van der Waals surface area contributed by atoms with Gasteiger partial charge in [0.05, 0.1) is 30.3 Å². The second kappa shape index (κ2) is 12.0. The summed E-state index contributed by atoms with van der Waals surface area (Å²) in [6.07, 6.45) is -2.70. The van der Waals surface area contributed by atoms with E-state index in [1.54, 1.807) is 4.90 Å². The topological polar surface area (TPSA) is 91.1 Å². The standard InChI is InChI=1S/C27H29F5N8O2/c1-3-23(41)40-7-6-39(13-18(40)10-33-2)25-19-4-5-38(22-12-34-11-20(29)24(22)27(30,31)32)14-21(19)36-26(37-25)42-15-17-8-16(28)9-35-17/h3,11-12,16-18,35H,1,4-10,13-15H2/t16-,17+,18+/m1/s1. The van der Waals surface area contributed by atoms with Gasteiger partial charge in [0.25, 0.3) is 0 Å². The maximum absolute atomic E-state index is 14.3. The Morgan fingerprint density at radius 2 is 2.05 bits per heavy atom. The molecule has 3 atom stereocenters. The van der Waals surface area contributed by atoms with Gasteiger partial charge < -0.3 is 29.6 Å². The van der Waals surface area contributed by atoms with Crippen LogP contribution in [0.3, 0.4) is 0 Å². The van der Waals surface area contributed by atoms with E-state index in [2.05, 4.69) is 31.7 Å². The number of carbonyl (C=O) groups is 1. The van der Waals surface area contributed by atoms with E-state index in [0.29, 0.717) is 36.4 Å². The number of nitrogens with zero attached hydrogens (tertiary/aromatic N) is 7. The summed E-state index contributed by atoms with van der Waals surface area (Å²) in [5.74, 6) is -1.26. The second-order valence-corrected chi connectivity index (χ2v) is 10.4. The Morgan fingerprint density at radius 1 is 1.24 bits per heavy atom. The summed E-state index contributed by atoms with van der Waals surface area (Å²) in [5, 5.41) is 3.02. The monoisotopic (exact) mass is 592 g/mol. The Morgan fingerprint density at radius 3 is 2.74 bits per heavy atom. The van der Waals surface area contributed by atoms with Gasteiger partial charge in [-0.25, -0.2) is 15.4 Å². The van der Waals surface area contributed by atoms with Crippen LogP contribution < -0.4 is 19.9 Å². The minimum atomic E-state index is -4.93. The average Bonchev–Trinajstić information content (AvgIpc) is 3.39. The molecule has 3 aliphatic rings. The average molecular weight is 593 g/mol. The first-order valence-electron chi connectivity index (χ1n) is 13.5. The molecule has 0 radical (unpaired) electrons. The SMILES string of the molecule is [C-]#[N+]C[C@H]1CN(c2nc(OC[C@@H]3C[C@@H](F)CN3)nc3c2CCN(c2cncc(F)c2C(F)(F)F)C3)CCN1C(=O)C=C. The zero-order valence-corrected chi connectivity index (χ0v) is 22.6. The molecule has 224 valence electrons. The van der Waals surface area contributed by atoms with Gasteiger partial charge in [0.15, 0.2) is 5.82 Å². The zero-order chi connectivity index (χ0) is 30.0. The summed E-state index contributed by atoms with van der Waals surface area (Å²) in [6, 6.07) is -0.730. The van der Waals surface area contributed by atoms with E-state index in [9.17, 15) is 26.7 Å². The van der Waals surface area contributed by atoms with Crippen molar-refractivity contribution < 1.29 is 31.5 Å². The van der Waals surface area contributed by atoms with Gasteiger partial charge in [0, 0.05) is 44.3 Å². The van der Waals surface area contributed by atoms with E-state index in [4.69, 9.17) is 11.3 Å². The Balaban J connectivity index is 1.48. The quantitative estimate of drug-likeness (QED) is 0.298. The number of carbonyl (C=O) groups excluding carboxylic acids is 1. The highest BCUT2D eigenvalue weighted by atomic mass is 19.4. The fraction of sp³-hybridized carbons (Fsp3) is 0.519. The molecule has 0 bridgehead atoms. The van der Waals surface area contributed by atoms with Crippen molar-refractivity contribution in [2.24, 2.45) is 0 Å². The number of amides is 1. The van der Waals surface area contributed by atoms with Gasteiger partial charge in [0.2, 0.25) is 12.5 Å². The van der Waals surface area contributed by atoms with Gasteiger partial charge in [0.1, 0.15) is 30.2 Å². The molecule has 10 nitrogen and oxygen atoms in total. The lowest BCUT2D eigenvalue weighted by atomic mass is 10.0. The molecule has 0 spiro atoms. The molecule has 1 N–H and O–H groups in total. The molecular formula is C27H29F5N8O2. The van der Waals surface area contributed by atoms with E-state index >= 15 is 0 Å². The Labute approximate surface area is 239 Å². The number of alkyl halides is 4. The first-order valence-corrected chi connectivity index (χ1v) is 13.5. The largest absolute Gasteiger partial charge is 0.462 e. The molecule has 1 amide bonds. The van der Waals surface area contributed by atoms with Crippen LogP contribution in [0.15, 0.2) is 25.0 Å². The Bertz CT molecular complexity index is 1380. The van der Waals surface area contributed by atoms with Gasteiger partial charge in [-0.2, -0.15) is 23.1 Å². The normalized spacial score (nSPS) is 22.5. The lowest BCUT2D eigenvalue weighted by molar-refractivity contribution is -0.139. The van der Waals surface area contributed by atoms with Gasteiger partial charge >= 0.3 is 12.2 Å². The molecule has 2 saturated heterocycles. The summed E-state index contributed by atoms with van der Waals surface area (Å²) in [6.45, 7) is 12.2. The predicted octanol–water partition coefficient (Wildman–Crippen LogP) is 2.79. The van der Waals surface area contributed by atoms with Crippen molar-refractivity contribution in [2.45, 2.75) is 43.8 Å². The van der Waals surface area contributed by atoms with Crippen LogP contribution in [0.2, 0.25) is 0 Å². The molecule has 5 rings (SSSR count). The molecule has 2 fully saturated rings. The smallest absolute Gasteiger partial charge is 0.421 e. The highest BCUT2D eigenvalue weighted by molar-refractivity contribution is 5.87. The third kappa shape index (κ3) is 6.08. The van der Waals surface area contributed by atoms with E-state index in [1.165, 1.54) is 11.0 Å². The zero-order valence-electron chi connectivity index (χ0n) is 22.6. The fourth-order valence-electron chi connectivity index (χ4n) is 5.65. The summed E-state index contributed by atoms with van der Waals surface area (Å²) < 4.78 is 75.2. The minimum absolute atomic E-state index is 0.0329. The molecule has 0 unspecified atom stereocenters. The maximum atomic E-state index is 14.3. The summed E-state index contributed by atoms with van der Waals surface area (Å²) in [5.41, 5.74) is -0.713. The number of fused-ring (bicyclic) bond motifs is 1. The second-order valence-electron chi connectivity index (χ2n) is 10.4. The number of aromatic nitrogens is 3. The molecule has 0 aromatic carbocycles. The van der Waals surface area contributed by atoms with Gasteiger partial charge in [-0.05, 0) is 18.9 Å². The minimum Gasteiger partial charge on any atom is -0.462 e. The first-order chi connectivity index (χ1) is 20.1. The third-order valence-electron chi connectivity index (χ3n) is 7.65. The highest BCUT2D eigenvalue weighted by Gasteiger charge is 2.40. The van der Waals surface area contributed by atoms with Crippen molar-refractivity contribution in [3.8, 4) is 6.01 Å². The van der Waals surface area contributed by atoms with E-state index in [1.807, 2.05) is 4.90 Å². The molecule has 15 heteroatoms. The molecule has 2 aromatic heterocycles. The highest BCUT2D eigenvalue weighted by Crippen LogP contribution is 2.40. The Kier molecular flexibility index (Phi) is 8.44. The molecule has 2 aromatic rings. The first kappa shape index (κ1) is 29.4. The fourth-order valence-corrected chi connectivity index (χ4v) is 5.65. The van der Waals surface area contributed by atoms with Gasteiger partial charge in [-0.15, -0.1) is 0 Å². The van der Waals surface area contributed by atoms with Crippen LogP contribution in [-0.2, 0) is 23.9 Å². The van der Waals surface area contributed by atoms with Crippen molar-refractivity contribution in [3.63, 3.8) is 0 Å². The number of ether oxygens (including phenoxy) is 1. The molecule has 0 aliphatic carbocycles. The van der Waals surface area contributed by atoms with Crippen LogP contribution in [0.25, 0.3) is 4.85 Å². The molecule has 3 aliphatic heterocycles. The molecular weight excluding hydrogens is 563 g/mol. The molecule has 0 saturated carbocycles. The lowest BCUT2D eigenvalue weighted by Crippen LogP contribution is -2.56. The van der Waals surface area contributed by atoms with Crippen LogP contribution >= 0.6 is 0 Å². The Hall–Kier alpha value is -4.06. The number of hydrogen-bond donors (Lipinski definition) is 1. The number of pyridine rings is 1. The van der Waals surface area contributed by atoms with Crippen LogP contribution in [0.4, 0.5) is 33.5 Å². The molecule has 5 heterocycles. The van der Waals surface area contributed by atoms with E-state index in [0.717, 1.165) is 6.20 Å². The number of hydrogen-bond acceptors (Lipinski definition) is 8. The third-order valence-corrected chi connectivity index (χ3v) is 7.65. The van der Waals surface area contributed by atoms with Crippen LogP contribution in [0, 0.1) is 12.4 Å². The number of piperazine rings is 1. The van der Waals surface area contributed by atoms with E-state index in [-0.39, 0.29) is 70.1 Å². The van der Waals surface area contributed by atoms with Crippen LogP contribution in [0.1, 0.15) is 23.2 Å². The van der Waals surface area contributed by atoms with E-state index < -0.39 is 35.5 Å². The number of rotatable bonds is 7. The number of nitrogens with one attached hydrogen (secondary N) is 1. The maximum Gasteiger partial charge on any atom is 0.421 e. The van der Waals surface area contributed by atoms with Crippen molar-refractivity contribution in [3.05, 3.63) is 59.1 Å². The molecule has 42 heavy (non-hydrogen) atoms. The predicted molar refractivity (Wildman–Crippen MR) is 142 cm³/mol. The van der Waals surface area contributed by atoms with Crippen molar-refractivity contribution >= 4 is 17.4 Å². The lowest BCUT2D eigenvalue weighted by Gasteiger charge is -2.41. The van der Waals surface area contributed by atoms with Crippen molar-refractivity contribution in [1.82, 2.24) is 25.2 Å². The number of anilines is 2. The van der Waals surface area contributed by atoms with Gasteiger partial charge in [-0.1, -0.05) is 6.58 Å². The van der Waals surface area contributed by atoms with Crippen molar-refractivity contribution in [2.75, 3.05) is 55.7 Å². The van der Waals surface area contributed by atoms with Gasteiger partial charge in [-0.3, -0.25) is 9.78 Å². The van der Waals surface area contributed by atoms with Crippen LogP contribution in [0.5, 0.6) is 6.01 Å². The summed E-state index contributed by atoms with van der Waals surface area (Å²) in [4.78, 5) is 33.6. The number of halogens is 5. The summed E-state index contributed by atoms with van der Waals surface area (Å²) in [7, 11) is 0. The summed E-state index contributed by atoms with van der Waals surface area (Å²) >= 11 is 0.